The van der Waals surface area contributed by atoms with Crippen molar-refractivity contribution in [2.45, 2.75) is 5.16 Å². The minimum Gasteiger partial charge on any atom is -0.399 e. The molecule has 0 saturated carbocycles. The number of rotatable bonds is 5. The first-order chi connectivity index (χ1) is 14.4. The quantitative estimate of drug-likeness (QED) is 0.375. The summed E-state index contributed by atoms with van der Waals surface area (Å²) in [5, 5.41) is -0.392. The molecule has 0 spiro atoms. The molecular weight excluding hydrogens is 405 g/mol. The molecule has 7 nitrogen and oxygen atoms in total. The Hall–Kier alpha value is -3.85. The van der Waals surface area contributed by atoms with E-state index in [0.29, 0.717) is 33.8 Å². The molecule has 0 saturated heterocycles. The van der Waals surface area contributed by atoms with Crippen molar-refractivity contribution in [2.75, 3.05) is 10.5 Å². The van der Waals surface area contributed by atoms with E-state index in [1.807, 2.05) is 0 Å². The third kappa shape index (κ3) is 4.11. The average Bonchev–Trinajstić information content (AvgIpc) is 2.76. The van der Waals surface area contributed by atoms with Crippen LogP contribution in [0.5, 0.6) is 0 Å². The Bertz CT molecular complexity index is 1280. The van der Waals surface area contributed by atoms with E-state index < -0.39 is 15.2 Å². The summed E-state index contributed by atoms with van der Waals surface area (Å²) >= 11 is 0. The molecule has 2 aromatic heterocycles. The number of hydrogen-bond acceptors (Lipinski definition) is 6. The smallest absolute Gasteiger partial charge is 0.297 e. The standard InChI is InChI=1S/C21H16FN5O2S/c22-16-3-1-14(2-4-16)19-13-25-21(26-20(19)15-9-11-24-12-10-15)30(28,29)27-18-7-5-17(23)6-8-18/h1-13,27H,23H2. The highest BCUT2D eigenvalue weighted by Gasteiger charge is 2.21. The van der Waals surface area contributed by atoms with Gasteiger partial charge in [0.15, 0.2) is 0 Å². The summed E-state index contributed by atoms with van der Waals surface area (Å²) in [6.07, 6.45) is 4.56. The Balaban J connectivity index is 1.80. The fourth-order valence-electron chi connectivity index (χ4n) is 2.82. The molecule has 30 heavy (non-hydrogen) atoms. The number of aromatic nitrogens is 3. The van der Waals surface area contributed by atoms with Gasteiger partial charge >= 0.3 is 0 Å². The maximum absolute atomic E-state index is 13.3. The summed E-state index contributed by atoms with van der Waals surface area (Å²) in [6.45, 7) is 0. The van der Waals surface area contributed by atoms with Gasteiger partial charge in [-0.25, -0.2) is 14.4 Å². The van der Waals surface area contributed by atoms with E-state index in [1.165, 1.54) is 18.3 Å². The van der Waals surface area contributed by atoms with E-state index in [9.17, 15) is 12.8 Å². The van der Waals surface area contributed by atoms with Gasteiger partial charge < -0.3 is 5.73 Å². The second kappa shape index (κ2) is 7.88. The number of benzene rings is 2. The number of anilines is 2. The SMILES string of the molecule is Nc1ccc(NS(=O)(=O)c2ncc(-c3ccc(F)cc3)c(-c3ccncc3)n2)cc1. The van der Waals surface area contributed by atoms with E-state index in [-0.39, 0.29) is 5.82 Å². The molecule has 0 radical (unpaired) electrons. The van der Waals surface area contributed by atoms with Gasteiger partial charge in [-0.2, -0.15) is 8.42 Å². The van der Waals surface area contributed by atoms with Crippen LogP contribution < -0.4 is 10.5 Å². The predicted molar refractivity (Wildman–Crippen MR) is 112 cm³/mol. The van der Waals surface area contributed by atoms with Gasteiger partial charge in [0.25, 0.3) is 15.2 Å². The number of nitrogens with two attached hydrogens (primary N) is 1. The van der Waals surface area contributed by atoms with Gasteiger partial charge in [-0.1, -0.05) is 12.1 Å². The van der Waals surface area contributed by atoms with Gasteiger partial charge in [-0.3, -0.25) is 9.71 Å². The lowest BCUT2D eigenvalue weighted by molar-refractivity contribution is 0.592. The summed E-state index contributed by atoms with van der Waals surface area (Å²) in [7, 11) is -4.05. The maximum Gasteiger partial charge on any atom is 0.297 e. The van der Waals surface area contributed by atoms with Crippen LogP contribution in [0.3, 0.4) is 0 Å². The molecule has 9 heteroatoms. The highest BCUT2D eigenvalue weighted by atomic mass is 32.2. The number of nitrogen functional groups attached to an aromatic ring is 1. The molecule has 0 aliphatic carbocycles. The van der Waals surface area contributed by atoms with E-state index in [2.05, 4.69) is 19.7 Å². The van der Waals surface area contributed by atoms with Crippen molar-refractivity contribution in [3.05, 3.63) is 85.1 Å². The van der Waals surface area contributed by atoms with Crippen molar-refractivity contribution in [3.63, 3.8) is 0 Å². The number of nitrogens with zero attached hydrogens (tertiary/aromatic N) is 3. The van der Waals surface area contributed by atoms with Crippen molar-refractivity contribution in [1.82, 2.24) is 15.0 Å². The number of hydrogen-bond donors (Lipinski definition) is 2. The van der Waals surface area contributed by atoms with Crippen LogP contribution in [0.15, 0.2) is 84.4 Å². The van der Waals surface area contributed by atoms with Crippen LogP contribution in [-0.4, -0.2) is 23.4 Å². The molecule has 4 aromatic rings. The van der Waals surface area contributed by atoms with Crippen molar-refractivity contribution in [3.8, 4) is 22.4 Å². The zero-order chi connectivity index (χ0) is 21.1. The third-order valence-corrected chi connectivity index (χ3v) is 5.46. The van der Waals surface area contributed by atoms with Crippen LogP contribution >= 0.6 is 0 Å². The van der Waals surface area contributed by atoms with Gasteiger partial charge in [-0.05, 0) is 54.1 Å². The molecule has 0 unspecified atom stereocenters. The predicted octanol–water partition coefficient (Wildman–Crippen LogP) is 3.73. The number of nitrogens with one attached hydrogen (secondary N) is 1. The molecule has 0 amide bonds. The Labute approximate surface area is 172 Å². The average molecular weight is 421 g/mol. The Morgan fingerprint density at radius 2 is 1.53 bits per heavy atom. The Morgan fingerprint density at radius 3 is 2.20 bits per heavy atom. The fraction of sp³-hybridized carbons (Fsp3) is 0. The van der Waals surface area contributed by atoms with Crippen LogP contribution in [0.25, 0.3) is 22.4 Å². The van der Waals surface area contributed by atoms with Gasteiger partial charge in [-0.15, -0.1) is 0 Å². The molecule has 0 aliphatic rings. The summed E-state index contributed by atoms with van der Waals surface area (Å²) in [4.78, 5) is 12.4. The normalized spacial score (nSPS) is 11.2. The van der Waals surface area contributed by atoms with E-state index in [0.717, 1.165) is 0 Å². The monoisotopic (exact) mass is 421 g/mol. The van der Waals surface area contributed by atoms with E-state index in [4.69, 9.17) is 5.73 Å². The van der Waals surface area contributed by atoms with Crippen LogP contribution in [0, 0.1) is 5.82 Å². The third-order valence-electron chi connectivity index (χ3n) is 4.28. The zero-order valence-electron chi connectivity index (χ0n) is 15.5. The fourth-order valence-corrected chi connectivity index (χ4v) is 3.76. The molecule has 0 fully saturated rings. The van der Waals surface area contributed by atoms with Crippen LogP contribution in [0.1, 0.15) is 0 Å². The molecule has 3 N–H and O–H groups in total. The Morgan fingerprint density at radius 1 is 0.867 bits per heavy atom. The highest BCUT2D eigenvalue weighted by molar-refractivity contribution is 7.92. The molecule has 0 aliphatic heterocycles. The summed E-state index contributed by atoms with van der Waals surface area (Å²) in [6, 6.07) is 15.5. The first-order valence-corrected chi connectivity index (χ1v) is 10.3. The molecule has 0 atom stereocenters. The first-order valence-electron chi connectivity index (χ1n) is 8.84. The molecular formula is C21H16FN5O2S. The minimum atomic E-state index is -4.05. The largest absolute Gasteiger partial charge is 0.399 e. The van der Waals surface area contributed by atoms with Gasteiger partial charge in [0.2, 0.25) is 0 Å². The zero-order valence-corrected chi connectivity index (χ0v) is 16.3. The Kier molecular flexibility index (Phi) is 5.11. The van der Waals surface area contributed by atoms with Crippen LogP contribution in [0.4, 0.5) is 15.8 Å². The molecule has 2 aromatic carbocycles. The first kappa shape index (κ1) is 19.5. The van der Waals surface area contributed by atoms with Gasteiger partial charge in [0.1, 0.15) is 5.82 Å². The van der Waals surface area contributed by atoms with Crippen molar-refractivity contribution in [2.24, 2.45) is 0 Å². The number of pyridine rings is 1. The second-order valence-corrected chi connectivity index (χ2v) is 7.96. The highest BCUT2D eigenvalue weighted by Crippen LogP contribution is 2.30. The second-order valence-electron chi connectivity index (χ2n) is 6.39. The van der Waals surface area contributed by atoms with Crippen LogP contribution in [0.2, 0.25) is 0 Å². The van der Waals surface area contributed by atoms with Gasteiger partial charge in [0, 0.05) is 41.1 Å². The van der Waals surface area contributed by atoms with E-state index >= 15 is 0 Å². The molecule has 2 heterocycles. The van der Waals surface area contributed by atoms with Gasteiger partial charge in [0.05, 0.1) is 5.69 Å². The lowest BCUT2D eigenvalue weighted by Crippen LogP contribution is -2.16. The van der Waals surface area contributed by atoms with Crippen molar-refractivity contribution < 1.29 is 12.8 Å². The molecule has 150 valence electrons. The molecule has 4 rings (SSSR count). The minimum absolute atomic E-state index is 0.334. The summed E-state index contributed by atoms with van der Waals surface area (Å²) < 4.78 is 41.4. The van der Waals surface area contributed by atoms with Crippen molar-refractivity contribution >= 4 is 21.4 Å². The van der Waals surface area contributed by atoms with E-state index in [1.54, 1.807) is 60.9 Å². The lowest BCUT2D eigenvalue weighted by Gasteiger charge is -2.12. The number of sulfonamides is 1. The summed E-state index contributed by atoms with van der Waals surface area (Å²) in [5.74, 6) is -0.378. The maximum atomic E-state index is 13.3. The summed E-state index contributed by atoms with van der Waals surface area (Å²) in [5.41, 5.74) is 8.73. The topological polar surface area (TPSA) is 111 Å². The van der Waals surface area contributed by atoms with Crippen molar-refractivity contribution in [1.29, 1.82) is 0 Å². The number of halogens is 1. The van der Waals surface area contributed by atoms with Crippen LogP contribution in [-0.2, 0) is 10.0 Å². The molecule has 0 bridgehead atoms. The lowest BCUT2D eigenvalue weighted by atomic mass is 10.0.